The van der Waals surface area contributed by atoms with Crippen molar-refractivity contribution in [3.63, 3.8) is 0 Å². The lowest BCUT2D eigenvalue weighted by Crippen LogP contribution is -2.36. The van der Waals surface area contributed by atoms with Crippen LogP contribution in [0.25, 0.3) is 5.69 Å². The molecule has 0 bridgehead atoms. The van der Waals surface area contributed by atoms with Crippen molar-refractivity contribution in [2.75, 3.05) is 6.61 Å². The fourth-order valence-corrected chi connectivity index (χ4v) is 2.76. The van der Waals surface area contributed by atoms with Crippen molar-refractivity contribution in [3.8, 4) is 11.4 Å². The number of urea groups is 1. The van der Waals surface area contributed by atoms with Gasteiger partial charge in [-0.05, 0) is 48.4 Å². The molecule has 0 radical (unpaired) electrons. The summed E-state index contributed by atoms with van der Waals surface area (Å²) in [6.45, 7) is 0.769. The molecular formula is C21H21F3N4O2. The van der Waals surface area contributed by atoms with Gasteiger partial charge in [-0.2, -0.15) is 18.3 Å². The summed E-state index contributed by atoms with van der Waals surface area (Å²) in [5.41, 5.74) is 2.54. The molecule has 2 amide bonds. The molecule has 9 heteroatoms. The van der Waals surface area contributed by atoms with Gasteiger partial charge in [0, 0.05) is 18.9 Å². The molecule has 1 aromatic heterocycles. The third-order valence-electron chi connectivity index (χ3n) is 4.26. The SMILES string of the molecule is CC(NC(=O)NCc1cccc(-n2cccn2)c1)c1ccc(OCC(F)(F)F)cc1. The number of alkyl halides is 3. The number of carbonyl (C=O) groups is 1. The Kier molecular flexibility index (Phi) is 6.61. The summed E-state index contributed by atoms with van der Waals surface area (Å²) in [6, 6.07) is 14.9. The Bertz CT molecular complexity index is 957. The summed E-state index contributed by atoms with van der Waals surface area (Å²) in [5, 5.41) is 9.76. The summed E-state index contributed by atoms with van der Waals surface area (Å²) in [4.78, 5) is 12.2. The number of amides is 2. The van der Waals surface area contributed by atoms with Crippen molar-refractivity contribution in [2.24, 2.45) is 0 Å². The maximum Gasteiger partial charge on any atom is 0.422 e. The van der Waals surface area contributed by atoms with Crippen LogP contribution in [-0.2, 0) is 6.54 Å². The smallest absolute Gasteiger partial charge is 0.422 e. The first-order valence-electron chi connectivity index (χ1n) is 9.23. The van der Waals surface area contributed by atoms with Gasteiger partial charge in [0.15, 0.2) is 6.61 Å². The average molecular weight is 418 g/mol. The van der Waals surface area contributed by atoms with E-state index in [4.69, 9.17) is 0 Å². The number of hydrogen-bond acceptors (Lipinski definition) is 3. The molecule has 0 saturated carbocycles. The van der Waals surface area contributed by atoms with Crippen LogP contribution in [0.2, 0.25) is 0 Å². The zero-order valence-electron chi connectivity index (χ0n) is 16.2. The van der Waals surface area contributed by atoms with Gasteiger partial charge in [-0.1, -0.05) is 24.3 Å². The molecule has 2 aromatic carbocycles. The highest BCUT2D eigenvalue weighted by Crippen LogP contribution is 2.21. The molecule has 1 unspecified atom stereocenters. The standard InChI is InChI=1S/C21H21F3N4O2/c1-15(17-6-8-19(9-7-17)30-14-21(22,23)24)27-20(29)25-13-16-4-2-5-18(12-16)28-11-3-10-26-28/h2-12,15H,13-14H2,1H3,(H2,25,27,29). The van der Waals surface area contributed by atoms with Crippen LogP contribution in [0.4, 0.5) is 18.0 Å². The van der Waals surface area contributed by atoms with E-state index in [1.54, 1.807) is 29.9 Å². The van der Waals surface area contributed by atoms with Crippen molar-refractivity contribution in [1.29, 1.82) is 0 Å². The van der Waals surface area contributed by atoms with Crippen LogP contribution >= 0.6 is 0 Å². The quantitative estimate of drug-likeness (QED) is 0.599. The van der Waals surface area contributed by atoms with Crippen LogP contribution in [0.5, 0.6) is 5.75 Å². The molecule has 158 valence electrons. The molecule has 30 heavy (non-hydrogen) atoms. The van der Waals surface area contributed by atoms with Gasteiger partial charge in [-0.3, -0.25) is 0 Å². The van der Waals surface area contributed by atoms with E-state index in [0.29, 0.717) is 6.54 Å². The monoisotopic (exact) mass is 418 g/mol. The summed E-state index contributed by atoms with van der Waals surface area (Å²) >= 11 is 0. The Morgan fingerprint density at radius 3 is 2.60 bits per heavy atom. The Morgan fingerprint density at radius 2 is 1.93 bits per heavy atom. The number of rotatable bonds is 7. The molecule has 6 nitrogen and oxygen atoms in total. The maximum absolute atomic E-state index is 12.2. The van der Waals surface area contributed by atoms with Crippen molar-refractivity contribution in [2.45, 2.75) is 25.7 Å². The minimum absolute atomic E-state index is 0.116. The van der Waals surface area contributed by atoms with Crippen LogP contribution in [-0.4, -0.2) is 28.6 Å². The van der Waals surface area contributed by atoms with E-state index in [2.05, 4.69) is 20.5 Å². The number of nitrogens with zero attached hydrogens (tertiary/aromatic N) is 2. The molecule has 0 aliphatic rings. The maximum atomic E-state index is 12.2. The number of aromatic nitrogens is 2. The van der Waals surface area contributed by atoms with E-state index in [0.717, 1.165) is 16.8 Å². The normalized spacial score (nSPS) is 12.3. The third-order valence-corrected chi connectivity index (χ3v) is 4.26. The fourth-order valence-electron chi connectivity index (χ4n) is 2.76. The number of benzene rings is 2. The van der Waals surface area contributed by atoms with Crippen LogP contribution < -0.4 is 15.4 Å². The molecule has 2 N–H and O–H groups in total. The topological polar surface area (TPSA) is 68.2 Å². The lowest BCUT2D eigenvalue weighted by molar-refractivity contribution is -0.153. The highest BCUT2D eigenvalue weighted by atomic mass is 19.4. The molecule has 0 aliphatic carbocycles. The second-order valence-electron chi connectivity index (χ2n) is 6.64. The summed E-state index contributed by atoms with van der Waals surface area (Å²) in [6.07, 6.45) is -0.862. The molecule has 0 spiro atoms. The minimum Gasteiger partial charge on any atom is -0.484 e. The van der Waals surface area contributed by atoms with Crippen LogP contribution in [0, 0.1) is 0 Å². The minimum atomic E-state index is -4.39. The highest BCUT2D eigenvalue weighted by Gasteiger charge is 2.28. The number of halogens is 3. The number of ether oxygens (including phenoxy) is 1. The lowest BCUT2D eigenvalue weighted by Gasteiger charge is -2.16. The van der Waals surface area contributed by atoms with Gasteiger partial charge in [-0.15, -0.1) is 0 Å². The Labute approximate surface area is 171 Å². The van der Waals surface area contributed by atoms with Gasteiger partial charge in [0.05, 0.1) is 11.7 Å². The first-order chi connectivity index (χ1) is 14.3. The Morgan fingerprint density at radius 1 is 1.17 bits per heavy atom. The van der Waals surface area contributed by atoms with E-state index >= 15 is 0 Å². The summed E-state index contributed by atoms with van der Waals surface area (Å²) in [5.74, 6) is 0.116. The van der Waals surface area contributed by atoms with E-state index in [9.17, 15) is 18.0 Å². The van der Waals surface area contributed by atoms with Crippen LogP contribution in [0.1, 0.15) is 24.1 Å². The molecular weight excluding hydrogens is 397 g/mol. The Balaban J connectivity index is 1.49. The van der Waals surface area contributed by atoms with Gasteiger partial charge < -0.3 is 15.4 Å². The van der Waals surface area contributed by atoms with E-state index in [-0.39, 0.29) is 17.8 Å². The second-order valence-corrected chi connectivity index (χ2v) is 6.64. The molecule has 3 rings (SSSR count). The number of carbonyl (C=O) groups excluding carboxylic acids is 1. The van der Waals surface area contributed by atoms with Gasteiger partial charge >= 0.3 is 12.2 Å². The van der Waals surface area contributed by atoms with E-state index in [1.807, 2.05) is 36.5 Å². The third kappa shape index (κ3) is 6.26. The molecule has 0 aliphatic heterocycles. The van der Waals surface area contributed by atoms with Gasteiger partial charge in [0.2, 0.25) is 0 Å². The van der Waals surface area contributed by atoms with Gasteiger partial charge in [0.1, 0.15) is 5.75 Å². The number of hydrogen-bond donors (Lipinski definition) is 2. The van der Waals surface area contributed by atoms with E-state index in [1.165, 1.54) is 12.1 Å². The molecule has 0 saturated heterocycles. The predicted molar refractivity (Wildman–Crippen MR) is 105 cm³/mol. The van der Waals surface area contributed by atoms with Crippen molar-refractivity contribution < 1.29 is 22.7 Å². The largest absolute Gasteiger partial charge is 0.484 e. The van der Waals surface area contributed by atoms with Crippen molar-refractivity contribution >= 4 is 6.03 Å². The molecule has 3 aromatic rings. The lowest BCUT2D eigenvalue weighted by atomic mass is 10.1. The molecule has 1 heterocycles. The van der Waals surface area contributed by atoms with Crippen molar-refractivity contribution in [1.82, 2.24) is 20.4 Å². The van der Waals surface area contributed by atoms with Crippen LogP contribution in [0.3, 0.4) is 0 Å². The average Bonchev–Trinajstić information content (AvgIpc) is 3.26. The van der Waals surface area contributed by atoms with Gasteiger partial charge in [-0.25, -0.2) is 9.48 Å². The van der Waals surface area contributed by atoms with Crippen molar-refractivity contribution in [3.05, 3.63) is 78.1 Å². The second kappa shape index (κ2) is 9.34. The first-order valence-corrected chi connectivity index (χ1v) is 9.23. The predicted octanol–water partition coefficient (Wildman–Crippen LogP) is 4.37. The Hall–Kier alpha value is -3.49. The molecule has 1 atom stereocenters. The highest BCUT2D eigenvalue weighted by molar-refractivity contribution is 5.74. The van der Waals surface area contributed by atoms with E-state index < -0.39 is 12.8 Å². The fraction of sp³-hybridized carbons (Fsp3) is 0.238. The zero-order chi connectivity index (χ0) is 21.6. The summed E-state index contributed by atoms with van der Waals surface area (Å²) < 4.78 is 43.0. The van der Waals surface area contributed by atoms with Crippen LogP contribution in [0.15, 0.2) is 67.0 Å². The zero-order valence-corrected chi connectivity index (χ0v) is 16.2. The summed E-state index contributed by atoms with van der Waals surface area (Å²) in [7, 11) is 0. The first kappa shape index (κ1) is 21.2. The molecule has 0 fully saturated rings. The van der Waals surface area contributed by atoms with Gasteiger partial charge in [0.25, 0.3) is 0 Å². The number of nitrogens with one attached hydrogen (secondary N) is 2.